The van der Waals surface area contributed by atoms with E-state index in [2.05, 4.69) is 11.8 Å². The fraction of sp³-hybridized carbons (Fsp3) is 0.667. The van der Waals surface area contributed by atoms with Gasteiger partial charge in [0.1, 0.15) is 0 Å². The first-order valence-electron chi connectivity index (χ1n) is 8.48. The van der Waals surface area contributed by atoms with Crippen molar-refractivity contribution in [3.05, 3.63) is 17.7 Å². The molecule has 5 nitrogen and oxygen atoms in total. The summed E-state index contributed by atoms with van der Waals surface area (Å²) < 4.78 is 11.2. The van der Waals surface area contributed by atoms with Gasteiger partial charge in [0, 0.05) is 19.0 Å². The Kier molecular flexibility index (Phi) is 6.13. The van der Waals surface area contributed by atoms with Gasteiger partial charge in [-0.05, 0) is 50.9 Å². The van der Waals surface area contributed by atoms with Crippen molar-refractivity contribution in [2.24, 2.45) is 5.92 Å². The summed E-state index contributed by atoms with van der Waals surface area (Å²) in [6.45, 7) is 9.00. The van der Waals surface area contributed by atoms with E-state index in [1.165, 1.54) is 0 Å². The zero-order valence-corrected chi connectivity index (χ0v) is 14.7. The van der Waals surface area contributed by atoms with Crippen molar-refractivity contribution < 1.29 is 14.6 Å². The fourth-order valence-corrected chi connectivity index (χ4v) is 3.20. The van der Waals surface area contributed by atoms with Gasteiger partial charge in [0.05, 0.1) is 25.0 Å². The highest BCUT2D eigenvalue weighted by Gasteiger charge is 2.27. The molecule has 0 amide bonds. The Balaban J connectivity index is 2.18. The molecule has 3 N–H and O–H groups in total. The van der Waals surface area contributed by atoms with E-state index >= 15 is 0 Å². The molecule has 0 spiro atoms. The molecule has 0 aromatic heterocycles. The predicted molar refractivity (Wildman–Crippen MR) is 93.1 cm³/mol. The Morgan fingerprint density at radius 3 is 2.74 bits per heavy atom. The number of nitrogens with zero attached hydrogens (tertiary/aromatic N) is 1. The van der Waals surface area contributed by atoms with Gasteiger partial charge in [0.25, 0.3) is 0 Å². The van der Waals surface area contributed by atoms with Crippen molar-refractivity contribution >= 4 is 5.69 Å². The molecular formula is C18H30N2O3. The van der Waals surface area contributed by atoms with Crippen LogP contribution in [-0.2, 0) is 6.42 Å². The number of aliphatic hydroxyl groups is 1. The predicted octanol–water partition coefficient (Wildman–Crippen LogP) is 2.31. The van der Waals surface area contributed by atoms with E-state index in [1.807, 2.05) is 26.0 Å². The van der Waals surface area contributed by atoms with Gasteiger partial charge in [-0.15, -0.1) is 0 Å². The van der Waals surface area contributed by atoms with E-state index in [9.17, 15) is 5.11 Å². The number of hydrogen-bond donors (Lipinski definition) is 2. The van der Waals surface area contributed by atoms with Gasteiger partial charge in [0.2, 0.25) is 0 Å². The molecule has 1 aliphatic rings. The highest BCUT2D eigenvalue weighted by Crippen LogP contribution is 2.36. The molecule has 130 valence electrons. The second-order valence-corrected chi connectivity index (χ2v) is 6.60. The van der Waals surface area contributed by atoms with Crippen molar-refractivity contribution in [1.82, 2.24) is 4.90 Å². The number of nitrogen functional groups attached to an aromatic ring is 1. The van der Waals surface area contributed by atoms with E-state index in [-0.39, 0.29) is 18.1 Å². The normalized spacial score (nSPS) is 22.3. The summed E-state index contributed by atoms with van der Waals surface area (Å²) in [5, 5.41) is 10.3. The van der Waals surface area contributed by atoms with Crippen molar-refractivity contribution in [3.8, 4) is 11.5 Å². The van der Waals surface area contributed by atoms with E-state index in [1.54, 1.807) is 7.11 Å². The molecule has 0 radical (unpaired) electrons. The number of hydrogen-bond acceptors (Lipinski definition) is 5. The van der Waals surface area contributed by atoms with Crippen LogP contribution in [0.2, 0.25) is 0 Å². The zero-order valence-electron chi connectivity index (χ0n) is 14.7. The summed E-state index contributed by atoms with van der Waals surface area (Å²) in [4.78, 5) is 2.38. The van der Waals surface area contributed by atoms with Gasteiger partial charge in [0.15, 0.2) is 11.5 Å². The van der Waals surface area contributed by atoms with E-state index in [0.29, 0.717) is 17.2 Å². The number of rotatable bonds is 6. The van der Waals surface area contributed by atoms with Crippen LogP contribution in [0.1, 0.15) is 32.8 Å². The third kappa shape index (κ3) is 4.52. The summed E-state index contributed by atoms with van der Waals surface area (Å²) in [7, 11) is 1.63. The number of nitrogens with two attached hydrogens (primary N) is 1. The molecule has 0 saturated carbocycles. The lowest BCUT2D eigenvalue weighted by atomic mass is 9.88. The smallest absolute Gasteiger partial charge is 0.184 e. The Hall–Kier alpha value is -1.46. The maximum Gasteiger partial charge on any atom is 0.184 e. The molecule has 2 atom stereocenters. The lowest BCUT2D eigenvalue weighted by molar-refractivity contribution is 0.0290. The van der Waals surface area contributed by atoms with Crippen LogP contribution in [0.25, 0.3) is 0 Å². The van der Waals surface area contributed by atoms with Crippen molar-refractivity contribution in [2.45, 2.75) is 45.8 Å². The summed E-state index contributed by atoms with van der Waals surface area (Å²) in [6, 6.07) is 3.92. The molecule has 5 heteroatoms. The minimum atomic E-state index is -0.253. The van der Waals surface area contributed by atoms with Gasteiger partial charge >= 0.3 is 0 Å². The van der Waals surface area contributed by atoms with Crippen LogP contribution >= 0.6 is 0 Å². The number of likely N-dealkylation sites (tertiary alicyclic amines) is 1. The first-order valence-corrected chi connectivity index (χ1v) is 8.48. The maximum absolute atomic E-state index is 10.3. The maximum atomic E-state index is 10.3. The fourth-order valence-electron chi connectivity index (χ4n) is 3.20. The first-order chi connectivity index (χ1) is 10.9. The van der Waals surface area contributed by atoms with Crippen molar-refractivity contribution in [2.75, 3.05) is 32.5 Å². The summed E-state index contributed by atoms with van der Waals surface area (Å²) in [5.41, 5.74) is 7.83. The van der Waals surface area contributed by atoms with E-state index in [0.717, 1.165) is 38.0 Å². The Labute approximate surface area is 139 Å². The third-order valence-electron chi connectivity index (χ3n) is 4.44. The topological polar surface area (TPSA) is 68.0 Å². The number of piperidine rings is 1. The van der Waals surface area contributed by atoms with Crippen LogP contribution in [0.3, 0.4) is 0 Å². The average Bonchev–Trinajstić information content (AvgIpc) is 2.51. The number of aliphatic hydroxyl groups excluding tert-OH is 1. The molecule has 2 unspecified atom stereocenters. The van der Waals surface area contributed by atoms with Crippen LogP contribution in [-0.4, -0.2) is 49.0 Å². The van der Waals surface area contributed by atoms with Crippen LogP contribution < -0.4 is 15.2 Å². The molecule has 23 heavy (non-hydrogen) atoms. The molecule has 1 aromatic carbocycles. The monoisotopic (exact) mass is 322 g/mol. The zero-order chi connectivity index (χ0) is 17.0. The van der Waals surface area contributed by atoms with Gasteiger partial charge < -0.3 is 25.2 Å². The lowest BCUT2D eigenvalue weighted by Gasteiger charge is -2.35. The molecule has 1 saturated heterocycles. The van der Waals surface area contributed by atoms with E-state index < -0.39 is 0 Å². The molecule has 0 aliphatic carbocycles. The highest BCUT2D eigenvalue weighted by molar-refractivity contribution is 5.62. The minimum Gasteiger partial charge on any atom is -0.493 e. The van der Waals surface area contributed by atoms with Crippen LogP contribution in [0.15, 0.2) is 12.1 Å². The van der Waals surface area contributed by atoms with Gasteiger partial charge in [-0.2, -0.15) is 0 Å². The SMILES string of the molecule is CCN1CCC(O)C(Cc2cc(N)c(OC(C)C)c(OC)c2)C1. The minimum absolute atomic E-state index is 0.0373. The van der Waals surface area contributed by atoms with Crippen LogP contribution in [0, 0.1) is 5.92 Å². The standard InChI is InChI=1S/C18H30N2O3/c1-5-20-7-6-16(21)14(11-20)8-13-9-15(19)18(23-12(2)3)17(10-13)22-4/h9-10,12,14,16,21H,5-8,11,19H2,1-4H3. The molecular weight excluding hydrogens is 292 g/mol. The molecule has 1 heterocycles. The molecule has 1 fully saturated rings. The van der Waals surface area contributed by atoms with Crippen LogP contribution in [0.4, 0.5) is 5.69 Å². The Morgan fingerprint density at radius 2 is 2.13 bits per heavy atom. The lowest BCUT2D eigenvalue weighted by Crippen LogP contribution is -2.43. The summed E-state index contributed by atoms with van der Waals surface area (Å²) >= 11 is 0. The quantitative estimate of drug-likeness (QED) is 0.787. The summed E-state index contributed by atoms with van der Waals surface area (Å²) in [5.74, 6) is 1.49. The molecule has 1 aromatic rings. The third-order valence-corrected chi connectivity index (χ3v) is 4.44. The largest absolute Gasteiger partial charge is 0.493 e. The Bertz CT molecular complexity index is 519. The second-order valence-electron chi connectivity index (χ2n) is 6.60. The van der Waals surface area contributed by atoms with Gasteiger partial charge in [-0.1, -0.05) is 6.92 Å². The summed E-state index contributed by atoms with van der Waals surface area (Å²) in [6.07, 6.45) is 1.41. The second kappa shape index (κ2) is 7.88. The first kappa shape index (κ1) is 17.9. The number of ether oxygens (including phenoxy) is 2. The molecule has 2 rings (SSSR count). The molecule has 1 aliphatic heterocycles. The van der Waals surface area contributed by atoms with Crippen LogP contribution in [0.5, 0.6) is 11.5 Å². The average molecular weight is 322 g/mol. The number of methoxy groups -OCH3 is 1. The van der Waals surface area contributed by atoms with Gasteiger partial charge in [-0.3, -0.25) is 0 Å². The van der Waals surface area contributed by atoms with Crippen molar-refractivity contribution in [1.29, 1.82) is 0 Å². The Morgan fingerprint density at radius 1 is 1.39 bits per heavy atom. The van der Waals surface area contributed by atoms with Crippen molar-refractivity contribution in [3.63, 3.8) is 0 Å². The number of anilines is 1. The number of benzene rings is 1. The molecule has 0 bridgehead atoms. The highest BCUT2D eigenvalue weighted by atomic mass is 16.5. The van der Waals surface area contributed by atoms with E-state index in [4.69, 9.17) is 15.2 Å². The van der Waals surface area contributed by atoms with Gasteiger partial charge in [-0.25, -0.2) is 0 Å².